The zero-order valence-electron chi connectivity index (χ0n) is 12.7. The number of hydrogen-bond donors (Lipinski definition) is 0. The monoisotopic (exact) mass is 296 g/mol. The van der Waals surface area contributed by atoms with Gasteiger partial charge in [-0.1, -0.05) is 30.3 Å². The highest BCUT2D eigenvalue weighted by molar-refractivity contribution is 5.91. The first-order valence-electron chi connectivity index (χ1n) is 7.50. The van der Waals surface area contributed by atoms with Crippen LogP contribution in [-0.4, -0.2) is 42.4 Å². The maximum atomic E-state index is 12.6. The van der Waals surface area contributed by atoms with E-state index in [9.17, 15) is 4.79 Å². The molecule has 1 aromatic carbocycles. The van der Waals surface area contributed by atoms with Crippen LogP contribution in [0.1, 0.15) is 17.4 Å². The summed E-state index contributed by atoms with van der Waals surface area (Å²) in [6.45, 7) is 2.48. The molecule has 1 aliphatic heterocycles. The molecule has 1 aromatic heterocycles. The van der Waals surface area contributed by atoms with Crippen molar-refractivity contribution in [2.24, 2.45) is 0 Å². The Morgan fingerprint density at radius 1 is 1.18 bits per heavy atom. The van der Waals surface area contributed by atoms with E-state index >= 15 is 0 Å². The molecule has 0 unspecified atom stereocenters. The van der Waals surface area contributed by atoms with Crippen LogP contribution in [0.3, 0.4) is 0 Å². The van der Waals surface area contributed by atoms with Gasteiger partial charge in [-0.15, -0.1) is 0 Å². The molecule has 0 radical (unpaired) electrons. The molecule has 22 heavy (non-hydrogen) atoms. The second kappa shape index (κ2) is 6.62. The van der Waals surface area contributed by atoms with Crippen LogP contribution in [0.5, 0.6) is 0 Å². The van der Waals surface area contributed by atoms with Gasteiger partial charge < -0.3 is 14.2 Å². The smallest absolute Gasteiger partial charge is 0.247 e. The molecule has 0 spiro atoms. The lowest BCUT2D eigenvalue weighted by atomic mass is 10.0. The van der Waals surface area contributed by atoms with E-state index < -0.39 is 0 Å². The van der Waals surface area contributed by atoms with Gasteiger partial charge in [-0.2, -0.15) is 0 Å². The fourth-order valence-electron chi connectivity index (χ4n) is 2.78. The van der Waals surface area contributed by atoms with Gasteiger partial charge in [-0.3, -0.25) is 4.79 Å². The minimum Gasteiger partial charge on any atom is -0.465 e. The molecule has 2 aromatic rings. The molecule has 1 saturated heterocycles. The van der Waals surface area contributed by atoms with E-state index in [0.29, 0.717) is 5.76 Å². The Morgan fingerprint density at radius 2 is 2.00 bits per heavy atom. The van der Waals surface area contributed by atoms with Crippen molar-refractivity contribution in [3.63, 3.8) is 0 Å². The van der Waals surface area contributed by atoms with Crippen LogP contribution in [-0.2, 0) is 4.79 Å². The Balaban J connectivity index is 1.79. The average molecular weight is 296 g/mol. The van der Waals surface area contributed by atoms with Crippen molar-refractivity contribution < 1.29 is 9.21 Å². The van der Waals surface area contributed by atoms with Crippen LogP contribution in [0, 0.1) is 0 Å². The van der Waals surface area contributed by atoms with Crippen molar-refractivity contribution in [1.29, 1.82) is 0 Å². The van der Waals surface area contributed by atoms with Crippen molar-refractivity contribution in [2.75, 3.05) is 26.7 Å². The summed E-state index contributed by atoms with van der Waals surface area (Å²) < 4.78 is 5.23. The lowest BCUT2D eigenvalue weighted by molar-refractivity contribution is -0.130. The minimum absolute atomic E-state index is 0.0263. The first-order valence-corrected chi connectivity index (χ1v) is 7.50. The number of rotatable bonds is 3. The molecule has 1 fully saturated rings. The third kappa shape index (κ3) is 3.28. The van der Waals surface area contributed by atoms with Gasteiger partial charge in [0.25, 0.3) is 0 Å². The SMILES string of the molecule is CN1CCN(C(=O)/C=C/c2ccco2)[C@H](c2ccccc2)C1. The third-order valence-electron chi connectivity index (χ3n) is 3.98. The van der Waals surface area contributed by atoms with E-state index in [0.717, 1.165) is 19.6 Å². The van der Waals surface area contributed by atoms with Crippen molar-refractivity contribution in [2.45, 2.75) is 6.04 Å². The molecule has 4 nitrogen and oxygen atoms in total. The molecule has 0 saturated carbocycles. The Morgan fingerprint density at radius 3 is 2.73 bits per heavy atom. The molecule has 0 bridgehead atoms. The number of carbonyl (C=O) groups excluding carboxylic acids is 1. The number of likely N-dealkylation sites (N-methyl/N-ethyl adjacent to an activating group) is 1. The Kier molecular flexibility index (Phi) is 4.39. The fourth-order valence-corrected chi connectivity index (χ4v) is 2.78. The zero-order valence-corrected chi connectivity index (χ0v) is 12.7. The summed E-state index contributed by atoms with van der Waals surface area (Å²) in [5, 5.41) is 0. The molecule has 2 heterocycles. The van der Waals surface area contributed by atoms with E-state index in [1.54, 1.807) is 18.4 Å². The summed E-state index contributed by atoms with van der Waals surface area (Å²) in [4.78, 5) is 16.8. The largest absolute Gasteiger partial charge is 0.465 e. The molecule has 4 heteroatoms. The van der Waals surface area contributed by atoms with Crippen LogP contribution in [0.4, 0.5) is 0 Å². The summed E-state index contributed by atoms with van der Waals surface area (Å²) in [5.41, 5.74) is 1.17. The maximum absolute atomic E-state index is 12.6. The van der Waals surface area contributed by atoms with E-state index in [-0.39, 0.29) is 11.9 Å². The quantitative estimate of drug-likeness (QED) is 0.817. The predicted octanol–water partition coefficient (Wildman–Crippen LogP) is 2.81. The van der Waals surface area contributed by atoms with Crippen LogP contribution in [0.25, 0.3) is 6.08 Å². The lowest BCUT2D eigenvalue weighted by Crippen LogP contribution is -2.48. The van der Waals surface area contributed by atoms with Gasteiger partial charge in [0.15, 0.2) is 0 Å². The van der Waals surface area contributed by atoms with E-state index in [1.807, 2.05) is 35.2 Å². The van der Waals surface area contributed by atoms with Gasteiger partial charge in [-0.25, -0.2) is 0 Å². The van der Waals surface area contributed by atoms with Crippen molar-refractivity contribution >= 4 is 12.0 Å². The minimum atomic E-state index is 0.0263. The number of furan rings is 1. The molecule has 0 N–H and O–H groups in total. The van der Waals surface area contributed by atoms with Gasteiger partial charge in [0.05, 0.1) is 12.3 Å². The van der Waals surface area contributed by atoms with Crippen LogP contribution in [0.15, 0.2) is 59.2 Å². The van der Waals surface area contributed by atoms with Gasteiger partial charge in [0.2, 0.25) is 5.91 Å². The molecule has 114 valence electrons. The van der Waals surface area contributed by atoms with Crippen molar-refractivity contribution in [3.8, 4) is 0 Å². The second-order valence-corrected chi connectivity index (χ2v) is 5.57. The van der Waals surface area contributed by atoms with Gasteiger partial charge in [0.1, 0.15) is 5.76 Å². The van der Waals surface area contributed by atoms with Crippen LogP contribution < -0.4 is 0 Å². The summed E-state index contributed by atoms with van der Waals surface area (Å²) in [6.07, 6.45) is 4.93. The topological polar surface area (TPSA) is 36.7 Å². The first-order chi connectivity index (χ1) is 10.7. The Labute approximate surface area is 130 Å². The number of piperazine rings is 1. The highest BCUT2D eigenvalue weighted by Crippen LogP contribution is 2.25. The summed E-state index contributed by atoms with van der Waals surface area (Å²) in [7, 11) is 2.09. The summed E-state index contributed by atoms with van der Waals surface area (Å²) in [6, 6.07) is 13.9. The van der Waals surface area contributed by atoms with Crippen LogP contribution in [0.2, 0.25) is 0 Å². The molecule has 0 aliphatic carbocycles. The fraction of sp³-hybridized carbons (Fsp3) is 0.278. The third-order valence-corrected chi connectivity index (χ3v) is 3.98. The number of hydrogen-bond acceptors (Lipinski definition) is 3. The number of nitrogens with zero attached hydrogens (tertiary/aromatic N) is 2. The highest BCUT2D eigenvalue weighted by atomic mass is 16.3. The van der Waals surface area contributed by atoms with Crippen molar-refractivity contribution in [3.05, 3.63) is 66.1 Å². The zero-order chi connectivity index (χ0) is 15.4. The first kappa shape index (κ1) is 14.6. The summed E-state index contributed by atoms with van der Waals surface area (Å²) in [5.74, 6) is 0.720. The predicted molar refractivity (Wildman–Crippen MR) is 86.1 cm³/mol. The van der Waals surface area contributed by atoms with Gasteiger partial charge in [-0.05, 0) is 30.8 Å². The van der Waals surface area contributed by atoms with E-state index in [4.69, 9.17) is 4.42 Å². The van der Waals surface area contributed by atoms with Crippen molar-refractivity contribution in [1.82, 2.24) is 9.80 Å². The number of carbonyl (C=O) groups is 1. The second-order valence-electron chi connectivity index (χ2n) is 5.57. The lowest BCUT2D eigenvalue weighted by Gasteiger charge is -2.39. The molecule has 3 rings (SSSR count). The van der Waals surface area contributed by atoms with E-state index in [2.05, 4.69) is 24.1 Å². The van der Waals surface area contributed by atoms with E-state index in [1.165, 1.54) is 5.56 Å². The van der Waals surface area contributed by atoms with Gasteiger partial charge >= 0.3 is 0 Å². The van der Waals surface area contributed by atoms with Gasteiger partial charge in [0, 0.05) is 25.7 Å². The Hall–Kier alpha value is -2.33. The average Bonchev–Trinajstić information content (AvgIpc) is 3.07. The molecule has 1 aliphatic rings. The number of benzene rings is 1. The highest BCUT2D eigenvalue weighted by Gasteiger charge is 2.28. The molecule has 1 amide bonds. The number of amides is 1. The Bertz CT molecular complexity index is 634. The molecular weight excluding hydrogens is 276 g/mol. The van der Waals surface area contributed by atoms with Crippen LogP contribution >= 0.6 is 0 Å². The molecular formula is C18H20N2O2. The molecule has 1 atom stereocenters. The maximum Gasteiger partial charge on any atom is 0.247 e. The standard InChI is InChI=1S/C18H20N2O2/c1-19-11-12-20(17(14-19)15-6-3-2-4-7-15)18(21)10-9-16-8-5-13-22-16/h2-10,13,17H,11-12,14H2,1H3/b10-9+/t17-/m0/s1. The summed E-state index contributed by atoms with van der Waals surface area (Å²) >= 11 is 0. The normalized spacial score (nSPS) is 19.7.